The standard InChI is InChI=1S/C10H10BrF/c11-10(7-4-8-12)9-5-2-1-3-6-9/h1-6,8,10H,7H2. The Labute approximate surface area is 80.2 Å². The maximum Gasteiger partial charge on any atom is 0.0827 e. The molecule has 0 radical (unpaired) electrons. The molecule has 0 heterocycles. The van der Waals surface area contributed by atoms with Crippen LogP contribution in [0.4, 0.5) is 4.39 Å². The first-order valence-electron chi connectivity index (χ1n) is 3.79. The van der Waals surface area contributed by atoms with Crippen molar-refractivity contribution < 1.29 is 4.39 Å². The highest BCUT2D eigenvalue weighted by atomic mass is 79.9. The van der Waals surface area contributed by atoms with Crippen molar-refractivity contribution in [2.45, 2.75) is 11.2 Å². The Bertz CT molecular complexity index is 243. The van der Waals surface area contributed by atoms with Crippen LogP contribution in [0.3, 0.4) is 0 Å². The van der Waals surface area contributed by atoms with Gasteiger partial charge in [-0.25, -0.2) is 4.39 Å². The quantitative estimate of drug-likeness (QED) is 0.687. The van der Waals surface area contributed by atoms with E-state index in [9.17, 15) is 4.39 Å². The van der Waals surface area contributed by atoms with Crippen molar-refractivity contribution in [3.63, 3.8) is 0 Å². The van der Waals surface area contributed by atoms with Crippen molar-refractivity contribution in [2.75, 3.05) is 0 Å². The van der Waals surface area contributed by atoms with Gasteiger partial charge in [-0.2, -0.15) is 0 Å². The van der Waals surface area contributed by atoms with Crippen molar-refractivity contribution >= 4 is 15.9 Å². The number of benzene rings is 1. The molecule has 1 rings (SSSR count). The van der Waals surface area contributed by atoms with Crippen LogP contribution >= 0.6 is 15.9 Å². The average molecular weight is 229 g/mol. The van der Waals surface area contributed by atoms with Gasteiger partial charge in [0.1, 0.15) is 0 Å². The van der Waals surface area contributed by atoms with Gasteiger partial charge >= 0.3 is 0 Å². The highest BCUT2D eigenvalue weighted by Crippen LogP contribution is 2.26. The Kier molecular flexibility index (Phi) is 4.01. The van der Waals surface area contributed by atoms with E-state index in [0.717, 1.165) is 0 Å². The van der Waals surface area contributed by atoms with Gasteiger partial charge < -0.3 is 0 Å². The SMILES string of the molecule is FC=CCC(Br)c1ccccc1. The molecule has 0 spiro atoms. The summed E-state index contributed by atoms with van der Waals surface area (Å²) in [6.45, 7) is 0. The van der Waals surface area contributed by atoms with Crippen molar-refractivity contribution in [1.82, 2.24) is 0 Å². The molecule has 0 nitrogen and oxygen atoms in total. The van der Waals surface area contributed by atoms with Crippen LogP contribution in [0.5, 0.6) is 0 Å². The second kappa shape index (κ2) is 5.09. The predicted molar refractivity (Wildman–Crippen MR) is 53.0 cm³/mol. The number of rotatable bonds is 3. The third-order valence-corrected chi connectivity index (χ3v) is 2.50. The van der Waals surface area contributed by atoms with E-state index in [-0.39, 0.29) is 4.83 Å². The first-order valence-corrected chi connectivity index (χ1v) is 4.70. The minimum atomic E-state index is 0.214. The molecule has 0 aliphatic carbocycles. The highest BCUT2D eigenvalue weighted by Gasteiger charge is 2.02. The van der Waals surface area contributed by atoms with Gasteiger partial charge in [0.2, 0.25) is 0 Å². The molecular formula is C10H10BrF. The van der Waals surface area contributed by atoms with Crippen LogP contribution < -0.4 is 0 Å². The van der Waals surface area contributed by atoms with Crippen molar-refractivity contribution in [3.05, 3.63) is 48.3 Å². The van der Waals surface area contributed by atoms with E-state index >= 15 is 0 Å². The maximum absolute atomic E-state index is 11.7. The van der Waals surface area contributed by atoms with Crippen LogP contribution in [0.25, 0.3) is 0 Å². The molecule has 0 aliphatic heterocycles. The van der Waals surface area contributed by atoms with Gasteiger partial charge in [-0.1, -0.05) is 52.3 Å². The van der Waals surface area contributed by atoms with E-state index in [4.69, 9.17) is 0 Å². The molecule has 0 saturated heterocycles. The summed E-state index contributed by atoms with van der Waals surface area (Å²) in [7, 11) is 0. The summed E-state index contributed by atoms with van der Waals surface area (Å²) in [6.07, 6.45) is 2.77. The summed E-state index contributed by atoms with van der Waals surface area (Å²) in [6, 6.07) is 9.96. The van der Waals surface area contributed by atoms with Crippen LogP contribution in [0.2, 0.25) is 0 Å². The Morgan fingerprint density at radius 3 is 2.58 bits per heavy atom. The molecule has 0 saturated carbocycles. The Balaban J connectivity index is 2.59. The lowest BCUT2D eigenvalue weighted by molar-refractivity contribution is 0.712. The van der Waals surface area contributed by atoms with E-state index in [1.165, 1.54) is 11.6 Å². The van der Waals surface area contributed by atoms with Crippen LogP contribution in [0.15, 0.2) is 42.7 Å². The molecule has 64 valence electrons. The molecule has 0 aromatic heterocycles. The molecule has 1 atom stereocenters. The Morgan fingerprint density at radius 2 is 2.00 bits per heavy atom. The zero-order valence-electron chi connectivity index (χ0n) is 6.58. The normalized spacial score (nSPS) is 13.5. The van der Waals surface area contributed by atoms with Crippen LogP contribution in [-0.2, 0) is 0 Å². The maximum atomic E-state index is 11.7. The van der Waals surface area contributed by atoms with Gasteiger partial charge in [0.15, 0.2) is 0 Å². The number of hydrogen-bond acceptors (Lipinski definition) is 0. The Hall–Kier alpha value is -0.630. The Morgan fingerprint density at radius 1 is 1.33 bits per heavy atom. The fraction of sp³-hybridized carbons (Fsp3) is 0.200. The summed E-state index contributed by atoms with van der Waals surface area (Å²) >= 11 is 3.47. The molecule has 0 N–H and O–H groups in total. The van der Waals surface area contributed by atoms with Crippen LogP contribution in [0.1, 0.15) is 16.8 Å². The molecular weight excluding hydrogens is 219 g/mol. The second-order valence-electron chi connectivity index (χ2n) is 2.48. The first kappa shape index (κ1) is 9.46. The van der Waals surface area contributed by atoms with Crippen molar-refractivity contribution in [2.24, 2.45) is 0 Å². The summed E-state index contributed by atoms with van der Waals surface area (Å²) in [5.41, 5.74) is 1.18. The third kappa shape index (κ3) is 2.78. The molecule has 2 heteroatoms. The van der Waals surface area contributed by atoms with Gasteiger partial charge in [-0.05, 0) is 12.0 Å². The molecule has 12 heavy (non-hydrogen) atoms. The topological polar surface area (TPSA) is 0 Å². The lowest BCUT2D eigenvalue weighted by atomic mass is 10.1. The van der Waals surface area contributed by atoms with Gasteiger partial charge in [0.05, 0.1) is 6.33 Å². The minimum Gasteiger partial charge on any atom is -0.216 e. The van der Waals surface area contributed by atoms with Gasteiger partial charge in [0, 0.05) is 4.83 Å². The van der Waals surface area contributed by atoms with Crippen LogP contribution in [0, 0.1) is 0 Å². The lowest BCUT2D eigenvalue weighted by Crippen LogP contribution is -1.86. The van der Waals surface area contributed by atoms with Crippen molar-refractivity contribution in [1.29, 1.82) is 0 Å². The molecule has 0 bridgehead atoms. The zero-order chi connectivity index (χ0) is 8.81. The molecule has 0 amide bonds. The summed E-state index contributed by atoms with van der Waals surface area (Å²) in [4.78, 5) is 0.214. The van der Waals surface area contributed by atoms with E-state index in [0.29, 0.717) is 12.8 Å². The largest absolute Gasteiger partial charge is 0.216 e. The summed E-state index contributed by atoms with van der Waals surface area (Å²) < 4.78 is 11.7. The minimum absolute atomic E-state index is 0.214. The monoisotopic (exact) mass is 228 g/mol. The van der Waals surface area contributed by atoms with E-state index in [1.54, 1.807) is 0 Å². The summed E-state index contributed by atoms with van der Waals surface area (Å²) in [5, 5.41) is 0. The van der Waals surface area contributed by atoms with Gasteiger partial charge in [-0.15, -0.1) is 0 Å². The smallest absolute Gasteiger partial charge is 0.0827 e. The van der Waals surface area contributed by atoms with E-state index in [2.05, 4.69) is 15.9 Å². The lowest BCUT2D eigenvalue weighted by Gasteiger charge is -2.05. The second-order valence-corrected chi connectivity index (χ2v) is 3.58. The number of allylic oxidation sites excluding steroid dienone is 1. The van der Waals surface area contributed by atoms with Crippen molar-refractivity contribution in [3.8, 4) is 0 Å². The first-order chi connectivity index (χ1) is 5.84. The fourth-order valence-corrected chi connectivity index (χ4v) is 1.49. The van der Waals surface area contributed by atoms with E-state index in [1.807, 2.05) is 30.3 Å². The van der Waals surface area contributed by atoms with Gasteiger partial charge in [-0.3, -0.25) is 0 Å². The van der Waals surface area contributed by atoms with E-state index < -0.39 is 0 Å². The molecule has 0 fully saturated rings. The highest BCUT2D eigenvalue weighted by molar-refractivity contribution is 9.09. The number of hydrogen-bond donors (Lipinski definition) is 0. The average Bonchev–Trinajstić information content (AvgIpc) is 2.15. The van der Waals surface area contributed by atoms with Crippen LogP contribution in [-0.4, -0.2) is 0 Å². The molecule has 1 aromatic rings. The molecule has 1 unspecified atom stereocenters. The molecule has 1 aromatic carbocycles. The summed E-state index contributed by atoms with van der Waals surface area (Å²) in [5.74, 6) is 0. The predicted octanol–water partition coefficient (Wildman–Crippen LogP) is 4.00. The number of halogens is 2. The fourth-order valence-electron chi connectivity index (χ4n) is 0.969. The number of alkyl halides is 1. The molecule has 0 aliphatic rings. The zero-order valence-corrected chi connectivity index (χ0v) is 8.17. The van der Waals surface area contributed by atoms with Gasteiger partial charge in [0.25, 0.3) is 0 Å². The third-order valence-electron chi connectivity index (χ3n) is 1.59.